The first-order valence-electron chi connectivity index (χ1n) is 8.63. The van der Waals surface area contributed by atoms with Crippen LogP contribution < -0.4 is 10.1 Å². The SMILES string of the molecule is CCNC1CC(Oc2c(C)cccc2C)C12CCCCC2. The van der Waals surface area contributed by atoms with E-state index in [1.54, 1.807) is 0 Å². The molecule has 2 saturated carbocycles. The molecule has 0 radical (unpaired) electrons. The lowest BCUT2D eigenvalue weighted by Crippen LogP contribution is -2.65. The molecule has 0 aliphatic heterocycles. The van der Waals surface area contributed by atoms with Crippen molar-refractivity contribution in [3.63, 3.8) is 0 Å². The molecule has 1 spiro atoms. The third-order valence-corrected chi connectivity index (χ3v) is 5.69. The highest BCUT2D eigenvalue weighted by Crippen LogP contribution is 2.53. The highest BCUT2D eigenvalue weighted by Gasteiger charge is 2.56. The standard InChI is InChI=1S/C19H29NO/c1-4-20-16-13-17(19(16)11-6-5-7-12-19)21-18-14(2)9-8-10-15(18)3/h8-10,16-17,20H,4-7,11-13H2,1-3H3. The fourth-order valence-electron chi connectivity index (χ4n) is 4.45. The zero-order valence-corrected chi connectivity index (χ0v) is 13.7. The van der Waals surface area contributed by atoms with Gasteiger partial charge in [-0.15, -0.1) is 0 Å². The van der Waals surface area contributed by atoms with Gasteiger partial charge in [0.25, 0.3) is 0 Å². The summed E-state index contributed by atoms with van der Waals surface area (Å²) in [5, 5.41) is 3.71. The lowest BCUT2D eigenvalue weighted by molar-refractivity contribution is -0.103. The predicted octanol–water partition coefficient (Wildman–Crippen LogP) is 4.38. The van der Waals surface area contributed by atoms with Gasteiger partial charge in [0.1, 0.15) is 11.9 Å². The van der Waals surface area contributed by atoms with Crippen LogP contribution in [-0.2, 0) is 0 Å². The van der Waals surface area contributed by atoms with Crippen LogP contribution in [0.25, 0.3) is 0 Å². The van der Waals surface area contributed by atoms with Gasteiger partial charge in [0.2, 0.25) is 0 Å². The maximum atomic E-state index is 6.54. The minimum Gasteiger partial charge on any atom is -0.489 e. The molecule has 1 aromatic carbocycles. The first-order valence-corrected chi connectivity index (χ1v) is 8.63. The average Bonchev–Trinajstić information content (AvgIpc) is 2.50. The minimum absolute atomic E-state index is 0.392. The summed E-state index contributed by atoms with van der Waals surface area (Å²) in [5.74, 6) is 1.13. The summed E-state index contributed by atoms with van der Waals surface area (Å²) in [6.07, 6.45) is 8.38. The Morgan fingerprint density at radius 1 is 1.14 bits per heavy atom. The molecule has 1 aromatic rings. The Kier molecular flexibility index (Phi) is 4.26. The van der Waals surface area contributed by atoms with E-state index in [-0.39, 0.29) is 0 Å². The monoisotopic (exact) mass is 287 g/mol. The molecular weight excluding hydrogens is 258 g/mol. The van der Waals surface area contributed by atoms with Crippen LogP contribution in [0.2, 0.25) is 0 Å². The molecule has 3 rings (SSSR count). The summed E-state index contributed by atoms with van der Waals surface area (Å²) >= 11 is 0. The molecule has 116 valence electrons. The molecule has 2 nitrogen and oxygen atoms in total. The maximum absolute atomic E-state index is 6.54. The number of aryl methyl sites for hydroxylation is 2. The molecule has 0 heterocycles. The zero-order valence-electron chi connectivity index (χ0n) is 13.7. The van der Waals surface area contributed by atoms with E-state index < -0.39 is 0 Å². The Labute approximate surface area is 129 Å². The van der Waals surface area contributed by atoms with E-state index >= 15 is 0 Å². The van der Waals surface area contributed by atoms with Crippen molar-refractivity contribution in [2.75, 3.05) is 6.54 Å². The molecule has 0 saturated heterocycles. The predicted molar refractivity (Wildman–Crippen MR) is 87.9 cm³/mol. The van der Waals surface area contributed by atoms with Gasteiger partial charge < -0.3 is 10.1 Å². The number of nitrogens with one attached hydrogen (secondary N) is 1. The lowest BCUT2D eigenvalue weighted by Gasteiger charge is -2.57. The van der Waals surface area contributed by atoms with Gasteiger partial charge in [0.05, 0.1) is 0 Å². The summed E-state index contributed by atoms with van der Waals surface area (Å²) < 4.78 is 6.54. The molecule has 2 aliphatic carbocycles. The van der Waals surface area contributed by atoms with Gasteiger partial charge in [-0.05, 0) is 44.4 Å². The highest BCUT2D eigenvalue weighted by atomic mass is 16.5. The molecular formula is C19H29NO. The Hall–Kier alpha value is -1.02. The molecule has 2 atom stereocenters. The summed E-state index contributed by atoms with van der Waals surface area (Å²) in [7, 11) is 0. The number of ether oxygens (including phenoxy) is 1. The Morgan fingerprint density at radius 3 is 2.43 bits per heavy atom. The van der Waals surface area contributed by atoms with Crippen molar-refractivity contribution in [3.05, 3.63) is 29.3 Å². The summed E-state index contributed by atoms with van der Waals surface area (Å²) in [4.78, 5) is 0. The molecule has 2 fully saturated rings. The van der Waals surface area contributed by atoms with Crippen molar-refractivity contribution >= 4 is 0 Å². The smallest absolute Gasteiger partial charge is 0.125 e. The second-order valence-corrected chi connectivity index (χ2v) is 6.97. The van der Waals surface area contributed by atoms with Crippen LogP contribution in [0.4, 0.5) is 0 Å². The first kappa shape index (κ1) is 14.9. The van der Waals surface area contributed by atoms with E-state index in [0.717, 1.165) is 12.3 Å². The van der Waals surface area contributed by atoms with Crippen molar-refractivity contribution in [1.29, 1.82) is 0 Å². The van der Waals surface area contributed by atoms with E-state index in [1.165, 1.54) is 49.7 Å². The van der Waals surface area contributed by atoms with Gasteiger partial charge in [0.15, 0.2) is 0 Å². The van der Waals surface area contributed by atoms with E-state index in [4.69, 9.17) is 4.74 Å². The van der Waals surface area contributed by atoms with Gasteiger partial charge in [-0.1, -0.05) is 44.4 Å². The second-order valence-electron chi connectivity index (χ2n) is 6.97. The van der Waals surface area contributed by atoms with Gasteiger partial charge in [-0.3, -0.25) is 0 Å². The first-order chi connectivity index (χ1) is 10.2. The van der Waals surface area contributed by atoms with Crippen molar-refractivity contribution in [1.82, 2.24) is 5.32 Å². The van der Waals surface area contributed by atoms with Gasteiger partial charge >= 0.3 is 0 Å². The largest absolute Gasteiger partial charge is 0.489 e. The molecule has 0 amide bonds. The van der Waals surface area contributed by atoms with E-state index in [9.17, 15) is 0 Å². The molecule has 2 aliphatic rings. The van der Waals surface area contributed by atoms with Crippen LogP contribution in [0.5, 0.6) is 5.75 Å². The summed E-state index contributed by atoms with van der Waals surface area (Å²) in [6, 6.07) is 7.11. The Balaban J connectivity index is 1.79. The zero-order chi connectivity index (χ0) is 14.9. The number of benzene rings is 1. The highest BCUT2D eigenvalue weighted by molar-refractivity contribution is 5.40. The molecule has 2 heteroatoms. The Morgan fingerprint density at radius 2 is 1.81 bits per heavy atom. The number of hydrogen-bond donors (Lipinski definition) is 1. The quantitative estimate of drug-likeness (QED) is 0.887. The van der Waals surface area contributed by atoms with Crippen molar-refractivity contribution in [3.8, 4) is 5.75 Å². The number of para-hydroxylation sites is 1. The molecule has 2 unspecified atom stereocenters. The minimum atomic E-state index is 0.392. The Bertz CT molecular complexity index is 470. The third kappa shape index (κ3) is 2.59. The van der Waals surface area contributed by atoms with E-state index in [0.29, 0.717) is 17.6 Å². The van der Waals surface area contributed by atoms with Crippen LogP contribution in [0.15, 0.2) is 18.2 Å². The normalized spacial score (nSPS) is 27.4. The van der Waals surface area contributed by atoms with Crippen molar-refractivity contribution in [2.45, 2.75) is 71.4 Å². The summed E-state index contributed by atoms with van der Waals surface area (Å²) in [5.41, 5.74) is 2.93. The molecule has 21 heavy (non-hydrogen) atoms. The lowest BCUT2D eigenvalue weighted by atomic mass is 9.55. The second kappa shape index (κ2) is 6.00. The number of rotatable bonds is 4. The van der Waals surface area contributed by atoms with Crippen LogP contribution in [0, 0.1) is 19.3 Å². The molecule has 0 bridgehead atoms. The van der Waals surface area contributed by atoms with E-state index in [1.807, 2.05) is 0 Å². The third-order valence-electron chi connectivity index (χ3n) is 5.69. The number of hydrogen-bond acceptors (Lipinski definition) is 2. The molecule has 1 N–H and O–H groups in total. The fourth-order valence-corrected chi connectivity index (χ4v) is 4.45. The maximum Gasteiger partial charge on any atom is 0.125 e. The van der Waals surface area contributed by atoms with Gasteiger partial charge in [-0.25, -0.2) is 0 Å². The molecule has 0 aromatic heterocycles. The topological polar surface area (TPSA) is 21.3 Å². The van der Waals surface area contributed by atoms with Crippen LogP contribution >= 0.6 is 0 Å². The van der Waals surface area contributed by atoms with Crippen molar-refractivity contribution < 1.29 is 4.74 Å². The average molecular weight is 287 g/mol. The van der Waals surface area contributed by atoms with Crippen LogP contribution in [-0.4, -0.2) is 18.7 Å². The van der Waals surface area contributed by atoms with Gasteiger partial charge in [-0.2, -0.15) is 0 Å². The van der Waals surface area contributed by atoms with Crippen molar-refractivity contribution in [2.24, 2.45) is 5.41 Å². The fraction of sp³-hybridized carbons (Fsp3) is 0.684. The van der Waals surface area contributed by atoms with Gasteiger partial charge in [0, 0.05) is 17.9 Å². The van der Waals surface area contributed by atoms with E-state index in [2.05, 4.69) is 44.3 Å². The van der Waals surface area contributed by atoms with Crippen LogP contribution in [0.3, 0.4) is 0 Å². The summed E-state index contributed by atoms with van der Waals surface area (Å²) in [6.45, 7) is 7.62. The van der Waals surface area contributed by atoms with Crippen LogP contribution in [0.1, 0.15) is 56.6 Å².